The SMILES string of the molecule is COCCCNC(=O)c1c(N)n(N=Cc2cc(OC)c(OC)c(OC)c2)c2nc3ccccc3nc12. The molecular formula is C25H28N6O5. The number of amides is 1. The van der Waals surface area contributed by atoms with Crippen molar-refractivity contribution >= 4 is 40.1 Å². The fourth-order valence-corrected chi connectivity index (χ4v) is 3.80. The Morgan fingerprint density at radius 3 is 2.33 bits per heavy atom. The van der Waals surface area contributed by atoms with E-state index in [1.165, 1.54) is 26.0 Å². The lowest BCUT2D eigenvalue weighted by molar-refractivity contribution is 0.0951. The van der Waals surface area contributed by atoms with Gasteiger partial charge < -0.3 is 30.0 Å². The number of hydrogen-bond acceptors (Lipinski definition) is 9. The quantitative estimate of drug-likeness (QED) is 0.255. The number of nitrogen functional groups attached to an aromatic ring is 1. The Morgan fingerprint density at radius 1 is 1.06 bits per heavy atom. The maximum atomic E-state index is 13.1. The Hall–Kier alpha value is -4.38. The van der Waals surface area contributed by atoms with Crippen molar-refractivity contribution in [3.63, 3.8) is 0 Å². The number of rotatable bonds is 10. The Morgan fingerprint density at radius 2 is 1.72 bits per heavy atom. The number of para-hydroxylation sites is 2. The van der Waals surface area contributed by atoms with E-state index in [9.17, 15) is 4.79 Å². The third-order valence-corrected chi connectivity index (χ3v) is 5.52. The summed E-state index contributed by atoms with van der Waals surface area (Å²) in [5.41, 5.74) is 9.33. The first-order chi connectivity index (χ1) is 17.5. The molecule has 4 aromatic rings. The lowest BCUT2D eigenvalue weighted by atomic mass is 10.2. The van der Waals surface area contributed by atoms with Gasteiger partial charge in [-0.15, -0.1) is 0 Å². The Kier molecular flexibility index (Phi) is 7.50. The smallest absolute Gasteiger partial charge is 0.257 e. The molecule has 0 radical (unpaired) electrons. The molecule has 0 saturated heterocycles. The second-order valence-electron chi connectivity index (χ2n) is 7.76. The first-order valence-electron chi connectivity index (χ1n) is 11.2. The van der Waals surface area contributed by atoms with Gasteiger partial charge >= 0.3 is 0 Å². The van der Waals surface area contributed by atoms with Gasteiger partial charge in [-0.1, -0.05) is 12.1 Å². The van der Waals surface area contributed by atoms with E-state index in [4.69, 9.17) is 29.7 Å². The molecular weight excluding hydrogens is 464 g/mol. The zero-order chi connectivity index (χ0) is 25.7. The second kappa shape index (κ2) is 10.9. The molecule has 3 N–H and O–H groups in total. The van der Waals surface area contributed by atoms with Crippen molar-refractivity contribution in [3.8, 4) is 17.2 Å². The first-order valence-corrected chi connectivity index (χ1v) is 11.2. The molecule has 0 spiro atoms. The van der Waals surface area contributed by atoms with Crippen LogP contribution in [0.5, 0.6) is 17.2 Å². The molecule has 2 aromatic carbocycles. The number of aromatic nitrogens is 3. The number of methoxy groups -OCH3 is 4. The number of anilines is 1. The summed E-state index contributed by atoms with van der Waals surface area (Å²) in [5, 5.41) is 7.41. The Bertz CT molecular complexity index is 1410. The van der Waals surface area contributed by atoms with Crippen LogP contribution in [-0.2, 0) is 4.74 Å². The number of ether oxygens (including phenoxy) is 4. The molecule has 36 heavy (non-hydrogen) atoms. The number of nitrogens with zero attached hydrogens (tertiary/aromatic N) is 4. The van der Waals surface area contributed by atoms with Gasteiger partial charge in [-0.2, -0.15) is 9.78 Å². The molecule has 11 heteroatoms. The highest BCUT2D eigenvalue weighted by Gasteiger charge is 2.24. The summed E-state index contributed by atoms with van der Waals surface area (Å²) < 4.78 is 22.7. The molecule has 11 nitrogen and oxygen atoms in total. The summed E-state index contributed by atoms with van der Waals surface area (Å²) in [5.74, 6) is 1.18. The zero-order valence-corrected chi connectivity index (χ0v) is 20.6. The summed E-state index contributed by atoms with van der Waals surface area (Å²) >= 11 is 0. The molecule has 188 valence electrons. The van der Waals surface area contributed by atoms with Crippen LogP contribution in [0, 0.1) is 0 Å². The van der Waals surface area contributed by atoms with E-state index < -0.39 is 0 Å². The molecule has 0 atom stereocenters. The summed E-state index contributed by atoms with van der Waals surface area (Å²) in [4.78, 5) is 22.5. The van der Waals surface area contributed by atoms with Gasteiger partial charge in [0.15, 0.2) is 17.1 Å². The average Bonchev–Trinajstić information content (AvgIpc) is 3.17. The number of hydrogen-bond donors (Lipinski definition) is 2. The maximum Gasteiger partial charge on any atom is 0.257 e. The van der Waals surface area contributed by atoms with Crippen molar-refractivity contribution in [2.45, 2.75) is 6.42 Å². The van der Waals surface area contributed by atoms with Crippen LogP contribution in [0.3, 0.4) is 0 Å². The van der Waals surface area contributed by atoms with Crippen molar-refractivity contribution < 1.29 is 23.7 Å². The molecule has 2 aromatic heterocycles. The molecule has 1 amide bonds. The van der Waals surface area contributed by atoms with Crippen molar-refractivity contribution in [1.82, 2.24) is 20.0 Å². The normalized spacial score (nSPS) is 11.3. The van der Waals surface area contributed by atoms with Gasteiger partial charge in [0.25, 0.3) is 5.91 Å². The predicted octanol–water partition coefficient (Wildman–Crippen LogP) is 2.84. The van der Waals surface area contributed by atoms with Gasteiger partial charge in [0.2, 0.25) is 5.75 Å². The Labute approximate surface area is 207 Å². The van der Waals surface area contributed by atoms with Crippen molar-refractivity contribution in [2.75, 3.05) is 47.3 Å². The zero-order valence-electron chi connectivity index (χ0n) is 20.6. The highest BCUT2D eigenvalue weighted by atomic mass is 16.5. The highest BCUT2D eigenvalue weighted by molar-refractivity contribution is 6.10. The standard InChI is InChI=1S/C25H28N6O5/c1-33-11-7-10-27-25(32)20-21-24(30-17-9-6-5-8-16(17)29-21)31(23(20)26)28-14-15-12-18(34-2)22(36-4)19(13-15)35-3/h5-6,8-9,12-14H,7,10-11,26H2,1-4H3,(H,27,32). The van der Waals surface area contributed by atoms with E-state index >= 15 is 0 Å². The Balaban J connectivity index is 1.82. The molecule has 0 aliphatic heterocycles. The van der Waals surface area contributed by atoms with Crippen molar-refractivity contribution in [3.05, 3.63) is 47.5 Å². The van der Waals surface area contributed by atoms with Gasteiger partial charge in [-0.3, -0.25) is 4.79 Å². The second-order valence-corrected chi connectivity index (χ2v) is 7.76. The molecule has 0 aliphatic rings. The summed E-state index contributed by atoms with van der Waals surface area (Å²) in [6, 6.07) is 10.9. The molecule has 0 aliphatic carbocycles. The lowest BCUT2D eigenvalue weighted by Crippen LogP contribution is -2.26. The lowest BCUT2D eigenvalue weighted by Gasteiger charge is -2.12. The summed E-state index contributed by atoms with van der Waals surface area (Å²) in [6.07, 6.45) is 2.23. The number of fused-ring (bicyclic) bond motifs is 2. The van der Waals surface area contributed by atoms with E-state index in [0.29, 0.717) is 64.6 Å². The van der Waals surface area contributed by atoms with E-state index in [2.05, 4.69) is 15.4 Å². The topological polar surface area (TPSA) is 135 Å². The number of carbonyl (C=O) groups excluding carboxylic acids is 1. The maximum absolute atomic E-state index is 13.1. The predicted molar refractivity (Wildman–Crippen MR) is 137 cm³/mol. The number of carbonyl (C=O) groups is 1. The minimum atomic E-state index is -0.361. The molecule has 0 bridgehead atoms. The largest absolute Gasteiger partial charge is 0.493 e. The molecule has 0 fully saturated rings. The van der Waals surface area contributed by atoms with E-state index in [1.807, 2.05) is 24.3 Å². The summed E-state index contributed by atoms with van der Waals surface area (Å²) in [7, 11) is 6.22. The van der Waals surface area contributed by atoms with Crippen molar-refractivity contribution in [1.29, 1.82) is 0 Å². The fraction of sp³-hybridized carbons (Fsp3) is 0.280. The van der Waals surface area contributed by atoms with Crippen LogP contribution < -0.4 is 25.3 Å². The van der Waals surface area contributed by atoms with Gasteiger partial charge in [0.1, 0.15) is 16.9 Å². The fourth-order valence-electron chi connectivity index (χ4n) is 3.80. The van der Waals surface area contributed by atoms with Gasteiger partial charge in [-0.25, -0.2) is 9.97 Å². The minimum Gasteiger partial charge on any atom is -0.493 e. The third-order valence-electron chi connectivity index (χ3n) is 5.52. The average molecular weight is 493 g/mol. The van der Waals surface area contributed by atoms with E-state index in [-0.39, 0.29) is 17.3 Å². The molecule has 2 heterocycles. The van der Waals surface area contributed by atoms with Crippen LogP contribution in [0.25, 0.3) is 22.2 Å². The van der Waals surface area contributed by atoms with Crippen LogP contribution in [0.1, 0.15) is 22.3 Å². The van der Waals surface area contributed by atoms with E-state index in [0.717, 1.165) is 0 Å². The highest BCUT2D eigenvalue weighted by Crippen LogP contribution is 2.38. The summed E-state index contributed by atoms with van der Waals surface area (Å²) in [6.45, 7) is 0.954. The van der Waals surface area contributed by atoms with Crippen LogP contribution in [0.2, 0.25) is 0 Å². The van der Waals surface area contributed by atoms with Gasteiger partial charge in [0, 0.05) is 25.8 Å². The van der Waals surface area contributed by atoms with Crippen LogP contribution in [-0.4, -0.2) is 68.4 Å². The molecule has 0 unspecified atom stereocenters. The van der Waals surface area contributed by atoms with Gasteiger partial charge in [-0.05, 0) is 30.7 Å². The third kappa shape index (κ3) is 4.73. The minimum absolute atomic E-state index is 0.119. The van der Waals surface area contributed by atoms with Crippen LogP contribution >= 0.6 is 0 Å². The first kappa shape index (κ1) is 24.7. The van der Waals surface area contributed by atoms with Crippen LogP contribution in [0.15, 0.2) is 41.5 Å². The molecule has 0 saturated carbocycles. The number of nitrogens with two attached hydrogens (primary N) is 1. The van der Waals surface area contributed by atoms with Crippen molar-refractivity contribution in [2.24, 2.45) is 5.10 Å². The van der Waals surface area contributed by atoms with Crippen LogP contribution in [0.4, 0.5) is 5.82 Å². The number of nitrogens with one attached hydrogen (secondary N) is 1. The van der Waals surface area contributed by atoms with Gasteiger partial charge in [0.05, 0.1) is 38.6 Å². The monoisotopic (exact) mass is 492 g/mol. The molecule has 4 rings (SSSR count). The van der Waals surface area contributed by atoms with E-state index in [1.54, 1.807) is 25.5 Å². The number of benzene rings is 2.